The van der Waals surface area contributed by atoms with E-state index in [-0.39, 0.29) is 6.10 Å². The van der Waals surface area contributed by atoms with E-state index in [2.05, 4.69) is 15.9 Å². The average Bonchev–Trinajstić information content (AvgIpc) is 2.28. The molecule has 4 heteroatoms. The summed E-state index contributed by atoms with van der Waals surface area (Å²) in [5.74, 6) is 1.49. The van der Waals surface area contributed by atoms with Crippen LogP contribution in [0.4, 0.5) is 0 Å². The van der Waals surface area contributed by atoms with Crippen molar-refractivity contribution in [1.29, 1.82) is 0 Å². The summed E-state index contributed by atoms with van der Waals surface area (Å²) in [5.41, 5.74) is 1.02. The van der Waals surface area contributed by atoms with E-state index in [4.69, 9.17) is 14.2 Å². The van der Waals surface area contributed by atoms with E-state index in [9.17, 15) is 0 Å². The van der Waals surface area contributed by atoms with Gasteiger partial charge in [0.25, 0.3) is 0 Å². The van der Waals surface area contributed by atoms with E-state index in [0.29, 0.717) is 0 Å². The van der Waals surface area contributed by atoms with Crippen molar-refractivity contribution in [1.82, 2.24) is 0 Å². The van der Waals surface area contributed by atoms with Gasteiger partial charge in [0.15, 0.2) is 0 Å². The second-order valence-electron chi connectivity index (χ2n) is 3.12. The van der Waals surface area contributed by atoms with Crippen LogP contribution in [0.1, 0.15) is 18.6 Å². The molecule has 0 bridgehead atoms. The molecule has 0 saturated heterocycles. The minimum Gasteiger partial charge on any atom is -0.495 e. The predicted octanol–water partition coefficient (Wildman–Crippen LogP) is 3.17. The number of rotatable bonds is 4. The van der Waals surface area contributed by atoms with Crippen molar-refractivity contribution in [2.45, 2.75) is 13.0 Å². The molecule has 0 aromatic heterocycles. The fourth-order valence-corrected chi connectivity index (χ4v) is 1.81. The highest BCUT2D eigenvalue weighted by Gasteiger charge is 2.13. The summed E-state index contributed by atoms with van der Waals surface area (Å²) >= 11 is 3.42. The first-order valence-electron chi connectivity index (χ1n) is 4.58. The first-order chi connectivity index (χ1) is 7.13. The Morgan fingerprint density at radius 1 is 1.07 bits per heavy atom. The third-order valence-electron chi connectivity index (χ3n) is 2.29. The summed E-state index contributed by atoms with van der Waals surface area (Å²) in [6, 6.07) is 3.86. The molecule has 0 aliphatic rings. The van der Waals surface area contributed by atoms with Crippen molar-refractivity contribution in [3.05, 3.63) is 22.2 Å². The van der Waals surface area contributed by atoms with Crippen molar-refractivity contribution in [3.63, 3.8) is 0 Å². The summed E-state index contributed by atoms with van der Waals surface area (Å²) < 4.78 is 16.5. The van der Waals surface area contributed by atoms with Gasteiger partial charge in [0.1, 0.15) is 16.0 Å². The third-order valence-corrected chi connectivity index (χ3v) is 3.07. The number of hydrogen-bond donors (Lipinski definition) is 0. The van der Waals surface area contributed by atoms with Crippen LogP contribution in [0.5, 0.6) is 11.5 Å². The summed E-state index contributed by atoms with van der Waals surface area (Å²) in [4.78, 5) is 0. The molecule has 1 atom stereocenters. The minimum atomic E-state index is 0.0147. The Labute approximate surface area is 98.5 Å². The molecule has 0 saturated carbocycles. The molecule has 0 N–H and O–H groups in total. The van der Waals surface area contributed by atoms with Gasteiger partial charge < -0.3 is 14.2 Å². The zero-order chi connectivity index (χ0) is 11.4. The monoisotopic (exact) mass is 274 g/mol. The van der Waals surface area contributed by atoms with E-state index < -0.39 is 0 Å². The number of methoxy groups -OCH3 is 3. The molecule has 0 amide bonds. The molecule has 1 aromatic carbocycles. The normalized spacial score (nSPS) is 12.3. The molecule has 1 rings (SSSR count). The Balaban J connectivity index is 3.20. The highest BCUT2D eigenvalue weighted by atomic mass is 79.9. The number of hydrogen-bond acceptors (Lipinski definition) is 3. The molecule has 0 fully saturated rings. The van der Waals surface area contributed by atoms with Gasteiger partial charge in [-0.1, -0.05) is 0 Å². The van der Waals surface area contributed by atoms with Gasteiger partial charge in [-0.15, -0.1) is 0 Å². The van der Waals surface area contributed by atoms with Crippen molar-refractivity contribution in [3.8, 4) is 11.5 Å². The Hall–Kier alpha value is -0.740. The van der Waals surface area contributed by atoms with E-state index >= 15 is 0 Å². The summed E-state index contributed by atoms with van der Waals surface area (Å²) in [6.07, 6.45) is 0.0147. The quantitative estimate of drug-likeness (QED) is 0.844. The first kappa shape index (κ1) is 12.3. The maximum absolute atomic E-state index is 5.25. The van der Waals surface area contributed by atoms with Gasteiger partial charge in [0.05, 0.1) is 20.3 Å². The SMILES string of the molecule is COc1cc([C@@H](C)OC)cc(OC)c1Br. The van der Waals surface area contributed by atoms with Gasteiger partial charge in [-0.3, -0.25) is 0 Å². The Morgan fingerprint density at radius 3 is 1.87 bits per heavy atom. The topological polar surface area (TPSA) is 27.7 Å². The minimum absolute atomic E-state index is 0.0147. The number of benzene rings is 1. The lowest BCUT2D eigenvalue weighted by molar-refractivity contribution is 0.119. The number of ether oxygens (including phenoxy) is 3. The lowest BCUT2D eigenvalue weighted by Gasteiger charge is -2.15. The van der Waals surface area contributed by atoms with Gasteiger partial charge >= 0.3 is 0 Å². The van der Waals surface area contributed by atoms with E-state index in [0.717, 1.165) is 21.5 Å². The summed E-state index contributed by atoms with van der Waals surface area (Å²) in [6.45, 7) is 1.97. The zero-order valence-electron chi connectivity index (χ0n) is 9.33. The summed E-state index contributed by atoms with van der Waals surface area (Å²) in [5, 5.41) is 0. The predicted molar refractivity (Wildman–Crippen MR) is 62.7 cm³/mol. The van der Waals surface area contributed by atoms with Gasteiger partial charge in [-0.2, -0.15) is 0 Å². The molecule has 0 heterocycles. The molecule has 0 spiro atoms. The maximum Gasteiger partial charge on any atom is 0.137 e. The third kappa shape index (κ3) is 2.63. The Morgan fingerprint density at radius 2 is 1.53 bits per heavy atom. The van der Waals surface area contributed by atoms with Crippen LogP contribution in [-0.2, 0) is 4.74 Å². The molecule has 0 radical (unpaired) electrons. The molecule has 0 aliphatic heterocycles. The highest BCUT2D eigenvalue weighted by molar-refractivity contribution is 9.10. The maximum atomic E-state index is 5.25. The lowest BCUT2D eigenvalue weighted by Crippen LogP contribution is -1.99. The highest BCUT2D eigenvalue weighted by Crippen LogP contribution is 2.37. The van der Waals surface area contributed by atoms with Crippen LogP contribution in [0.15, 0.2) is 16.6 Å². The van der Waals surface area contributed by atoms with Crippen molar-refractivity contribution >= 4 is 15.9 Å². The lowest BCUT2D eigenvalue weighted by atomic mass is 10.1. The average molecular weight is 275 g/mol. The van der Waals surface area contributed by atoms with Gasteiger partial charge in [-0.05, 0) is 40.5 Å². The molecule has 15 heavy (non-hydrogen) atoms. The van der Waals surface area contributed by atoms with Crippen LogP contribution in [-0.4, -0.2) is 21.3 Å². The molecule has 1 aromatic rings. The second kappa shape index (κ2) is 5.37. The molecule has 84 valence electrons. The molecular formula is C11H15BrO3. The van der Waals surface area contributed by atoms with Crippen LogP contribution >= 0.6 is 15.9 Å². The van der Waals surface area contributed by atoms with Crippen molar-refractivity contribution in [2.75, 3.05) is 21.3 Å². The standard InChI is InChI=1S/C11H15BrO3/c1-7(13-2)8-5-9(14-3)11(12)10(6-8)15-4/h5-7H,1-4H3/t7-/m1/s1. The Kier molecular flexibility index (Phi) is 4.42. The smallest absolute Gasteiger partial charge is 0.137 e. The molecule has 3 nitrogen and oxygen atoms in total. The number of halogens is 1. The van der Waals surface area contributed by atoms with Crippen LogP contribution < -0.4 is 9.47 Å². The molecule has 0 unspecified atom stereocenters. The van der Waals surface area contributed by atoms with Crippen LogP contribution in [0, 0.1) is 0 Å². The zero-order valence-corrected chi connectivity index (χ0v) is 10.9. The second-order valence-corrected chi connectivity index (χ2v) is 3.91. The van der Waals surface area contributed by atoms with Gasteiger partial charge in [0, 0.05) is 7.11 Å². The molecular weight excluding hydrogens is 260 g/mol. The first-order valence-corrected chi connectivity index (χ1v) is 5.37. The van der Waals surface area contributed by atoms with Crippen molar-refractivity contribution in [2.24, 2.45) is 0 Å². The van der Waals surface area contributed by atoms with Gasteiger partial charge in [0.2, 0.25) is 0 Å². The molecule has 0 aliphatic carbocycles. The van der Waals surface area contributed by atoms with Crippen molar-refractivity contribution < 1.29 is 14.2 Å². The van der Waals surface area contributed by atoms with E-state index in [1.54, 1.807) is 21.3 Å². The van der Waals surface area contributed by atoms with Crippen LogP contribution in [0.25, 0.3) is 0 Å². The van der Waals surface area contributed by atoms with E-state index in [1.165, 1.54) is 0 Å². The fraction of sp³-hybridized carbons (Fsp3) is 0.455. The van der Waals surface area contributed by atoms with E-state index in [1.807, 2.05) is 19.1 Å². The van der Waals surface area contributed by atoms with Gasteiger partial charge in [-0.25, -0.2) is 0 Å². The van der Waals surface area contributed by atoms with Crippen LogP contribution in [0.3, 0.4) is 0 Å². The fourth-order valence-electron chi connectivity index (χ4n) is 1.26. The Bertz CT molecular complexity index is 314. The van der Waals surface area contributed by atoms with Crippen LogP contribution in [0.2, 0.25) is 0 Å². The summed E-state index contributed by atoms with van der Waals surface area (Å²) in [7, 11) is 4.92. The largest absolute Gasteiger partial charge is 0.495 e.